The van der Waals surface area contributed by atoms with E-state index >= 15 is 0 Å². The molecule has 0 spiro atoms. The molecule has 2 fully saturated rings. The van der Waals surface area contributed by atoms with Gasteiger partial charge >= 0.3 is 0 Å². The van der Waals surface area contributed by atoms with Crippen LogP contribution in [0.25, 0.3) is 0 Å². The Bertz CT molecular complexity index is 544. The SMILES string of the molecule is C[C@@H]1CC[C@@H](NCCC(=O)N2CCN(c3ncccn3)CC2)C[C@@H]1C. The van der Waals surface area contributed by atoms with Crippen molar-refractivity contribution in [2.45, 2.75) is 45.6 Å². The molecule has 1 amide bonds. The first kappa shape index (κ1) is 18.1. The van der Waals surface area contributed by atoms with E-state index in [1.165, 1.54) is 19.3 Å². The number of hydrogen-bond donors (Lipinski definition) is 1. The molecule has 1 aliphatic carbocycles. The van der Waals surface area contributed by atoms with Crippen molar-refractivity contribution in [1.82, 2.24) is 20.2 Å². The maximum Gasteiger partial charge on any atom is 0.225 e. The number of nitrogens with one attached hydrogen (secondary N) is 1. The second-order valence-electron chi connectivity index (χ2n) is 7.59. The maximum atomic E-state index is 12.4. The minimum Gasteiger partial charge on any atom is -0.339 e. The van der Waals surface area contributed by atoms with Gasteiger partial charge in [0.2, 0.25) is 11.9 Å². The standard InChI is InChI=1S/C19H31N5O/c1-15-4-5-17(14-16(15)2)20-9-6-18(25)23-10-12-24(13-11-23)19-21-7-3-8-22-19/h3,7-8,15-17,20H,4-6,9-14H2,1-2H3/t15-,16+,17-/m1/s1. The minimum absolute atomic E-state index is 0.262. The van der Waals surface area contributed by atoms with Gasteiger partial charge in [-0.3, -0.25) is 4.79 Å². The zero-order valence-corrected chi connectivity index (χ0v) is 15.5. The zero-order chi connectivity index (χ0) is 17.6. The number of carbonyl (C=O) groups is 1. The molecule has 6 nitrogen and oxygen atoms in total. The molecule has 2 heterocycles. The molecule has 3 atom stereocenters. The molecule has 3 rings (SSSR count). The van der Waals surface area contributed by atoms with Crippen LogP contribution in [-0.2, 0) is 4.79 Å². The molecule has 1 aromatic rings. The molecule has 138 valence electrons. The predicted octanol–water partition coefficient (Wildman–Crippen LogP) is 1.93. The van der Waals surface area contributed by atoms with Crippen LogP contribution in [0.1, 0.15) is 39.5 Å². The van der Waals surface area contributed by atoms with Crippen LogP contribution in [0, 0.1) is 11.8 Å². The van der Waals surface area contributed by atoms with Gasteiger partial charge < -0.3 is 15.1 Å². The number of piperazine rings is 1. The lowest BCUT2D eigenvalue weighted by molar-refractivity contribution is -0.131. The first-order valence-corrected chi connectivity index (χ1v) is 9.66. The number of nitrogens with zero attached hydrogens (tertiary/aromatic N) is 4. The van der Waals surface area contributed by atoms with E-state index < -0.39 is 0 Å². The van der Waals surface area contributed by atoms with E-state index in [2.05, 4.69) is 34.0 Å². The van der Waals surface area contributed by atoms with Gasteiger partial charge in [-0.1, -0.05) is 13.8 Å². The summed E-state index contributed by atoms with van der Waals surface area (Å²) in [6, 6.07) is 2.41. The topological polar surface area (TPSA) is 61.4 Å². The molecule has 1 saturated heterocycles. The third-order valence-corrected chi connectivity index (χ3v) is 5.84. The Kier molecular flexibility index (Phi) is 6.24. The molecule has 0 aromatic carbocycles. The summed E-state index contributed by atoms with van der Waals surface area (Å²) in [5.74, 6) is 2.65. The van der Waals surface area contributed by atoms with Gasteiger partial charge in [-0.05, 0) is 37.2 Å². The fraction of sp³-hybridized carbons (Fsp3) is 0.737. The second kappa shape index (κ2) is 8.61. The highest BCUT2D eigenvalue weighted by Gasteiger charge is 2.25. The van der Waals surface area contributed by atoms with E-state index in [0.29, 0.717) is 12.5 Å². The van der Waals surface area contributed by atoms with Gasteiger partial charge in [0, 0.05) is 57.6 Å². The number of anilines is 1. The minimum atomic E-state index is 0.262. The highest BCUT2D eigenvalue weighted by atomic mass is 16.2. The van der Waals surface area contributed by atoms with Gasteiger partial charge in [0.05, 0.1) is 0 Å². The summed E-state index contributed by atoms with van der Waals surface area (Å²) in [5.41, 5.74) is 0. The molecule has 1 aliphatic heterocycles. The molecular formula is C19H31N5O. The predicted molar refractivity (Wildman–Crippen MR) is 99.4 cm³/mol. The van der Waals surface area contributed by atoms with Crippen LogP contribution >= 0.6 is 0 Å². The average molecular weight is 345 g/mol. The first-order chi connectivity index (χ1) is 12.1. The summed E-state index contributed by atoms with van der Waals surface area (Å²) in [6.45, 7) is 8.63. The van der Waals surface area contributed by atoms with Gasteiger partial charge in [0.1, 0.15) is 0 Å². The summed E-state index contributed by atoms with van der Waals surface area (Å²) >= 11 is 0. The van der Waals surface area contributed by atoms with Crippen LogP contribution in [0.2, 0.25) is 0 Å². The lowest BCUT2D eigenvalue weighted by Crippen LogP contribution is -2.49. The molecular weight excluding hydrogens is 314 g/mol. The molecule has 1 saturated carbocycles. The van der Waals surface area contributed by atoms with Crippen LogP contribution in [0.3, 0.4) is 0 Å². The molecule has 0 radical (unpaired) electrons. The number of aromatic nitrogens is 2. The Labute approximate surface area is 151 Å². The van der Waals surface area contributed by atoms with Crippen LogP contribution in [0.5, 0.6) is 0 Å². The highest BCUT2D eigenvalue weighted by Crippen LogP contribution is 2.29. The van der Waals surface area contributed by atoms with Crippen molar-refractivity contribution < 1.29 is 4.79 Å². The molecule has 0 bridgehead atoms. The van der Waals surface area contributed by atoms with Crippen molar-refractivity contribution in [3.63, 3.8) is 0 Å². The van der Waals surface area contributed by atoms with E-state index in [9.17, 15) is 4.79 Å². The van der Waals surface area contributed by atoms with Gasteiger partial charge in [0.25, 0.3) is 0 Å². The Hall–Kier alpha value is -1.69. The van der Waals surface area contributed by atoms with Gasteiger partial charge in [-0.25, -0.2) is 9.97 Å². The quantitative estimate of drug-likeness (QED) is 0.883. The fourth-order valence-corrected chi connectivity index (χ4v) is 3.88. The zero-order valence-electron chi connectivity index (χ0n) is 15.5. The summed E-state index contributed by atoms with van der Waals surface area (Å²) < 4.78 is 0. The third kappa shape index (κ3) is 4.91. The van der Waals surface area contributed by atoms with Gasteiger partial charge in [0.15, 0.2) is 0 Å². The van der Waals surface area contributed by atoms with E-state index in [4.69, 9.17) is 0 Å². The third-order valence-electron chi connectivity index (χ3n) is 5.84. The molecule has 2 aliphatic rings. The summed E-state index contributed by atoms with van der Waals surface area (Å²) in [5, 5.41) is 3.60. The number of rotatable bonds is 5. The Morgan fingerprint density at radius 3 is 2.52 bits per heavy atom. The van der Waals surface area contributed by atoms with Crippen LogP contribution in [-0.4, -0.2) is 59.5 Å². The van der Waals surface area contributed by atoms with Crippen molar-refractivity contribution >= 4 is 11.9 Å². The number of hydrogen-bond acceptors (Lipinski definition) is 5. The average Bonchev–Trinajstić information content (AvgIpc) is 2.65. The summed E-state index contributed by atoms with van der Waals surface area (Å²) in [4.78, 5) is 25.1. The molecule has 1 aromatic heterocycles. The number of amides is 1. The molecule has 1 N–H and O–H groups in total. The maximum absolute atomic E-state index is 12.4. The Morgan fingerprint density at radius 1 is 1.12 bits per heavy atom. The van der Waals surface area contributed by atoms with Crippen molar-refractivity contribution in [1.29, 1.82) is 0 Å². The molecule has 25 heavy (non-hydrogen) atoms. The highest BCUT2D eigenvalue weighted by molar-refractivity contribution is 5.76. The fourth-order valence-electron chi connectivity index (χ4n) is 3.88. The lowest BCUT2D eigenvalue weighted by atomic mass is 9.79. The smallest absolute Gasteiger partial charge is 0.225 e. The van der Waals surface area contributed by atoms with Crippen LogP contribution in [0.4, 0.5) is 5.95 Å². The Morgan fingerprint density at radius 2 is 1.84 bits per heavy atom. The van der Waals surface area contributed by atoms with Crippen molar-refractivity contribution in [2.24, 2.45) is 11.8 Å². The summed E-state index contributed by atoms with van der Waals surface area (Å²) in [7, 11) is 0. The lowest BCUT2D eigenvalue weighted by Gasteiger charge is -2.35. The second-order valence-corrected chi connectivity index (χ2v) is 7.59. The number of carbonyl (C=O) groups excluding carboxylic acids is 1. The van der Waals surface area contributed by atoms with E-state index in [-0.39, 0.29) is 5.91 Å². The Balaban J connectivity index is 1.36. The van der Waals surface area contributed by atoms with Crippen molar-refractivity contribution in [3.05, 3.63) is 18.5 Å². The summed E-state index contributed by atoms with van der Waals surface area (Å²) in [6.07, 6.45) is 7.91. The van der Waals surface area contributed by atoms with E-state index in [1.807, 2.05) is 11.0 Å². The van der Waals surface area contributed by atoms with Crippen molar-refractivity contribution in [3.8, 4) is 0 Å². The van der Waals surface area contributed by atoms with E-state index in [1.54, 1.807) is 12.4 Å². The van der Waals surface area contributed by atoms with Gasteiger partial charge in [-0.15, -0.1) is 0 Å². The van der Waals surface area contributed by atoms with Crippen LogP contribution in [0.15, 0.2) is 18.5 Å². The normalized spacial score (nSPS) is 27.4. The van der Waals surface area contributed by atoms with Crippen molar-refractivity contribution in [2.75, 3.05) is 37.6 Å². The first-order valence-electron chi connectivity index (χ1n) is 9.66. The molecule has 0 unspecified atom stereocenters. The monoisotopic (exact) mass is 345 g/mol. The largest absolute Gasteiger partial charge is 0.339 e. The molecule has 6 heteroatoms. The van der Waals surface area contributed by atoms with Crippen LogP contribution < -0.4 is 10.2 Å². The van der Waals surface area contributed by atoms with E-state index in [0.717, 1.165) is 50.5 Å². The van der Waals surface area contributed by atoms with Gasteiger partial charge in [-0.2, -0.15) is 0 Å².